The van der Waals surface area contributed by atoms with Crippen molar-refractivity contribution in [2.75, 3.05) is 13.1 Å². The number of nitrogens with one attached hydrogen (secondary N) is 1. The predicted octanol–water partition coefficient (Wildman–Crippen LogP) is 3.17. The van der Waals surface area contributed by atoms with Crippen LogP contribution in [-0.2, 0) is 4.79 Å². The molecule has 2 amide bonds. The van der Waals surface area contributed by atoms with E-state index in [-0.39, 0.29) is 11.5 Å². The van der Waals surface area contributed by atoms with Crippen molar-refractivity contribution in [3.05, 3.63) is 71.5 Å². The quantitative estimate of drug-likeness (QED) is 0.885. The molecular formula is C19H21FN2O2. The van der Waals surface area contributed by atoms with Gasteiger partial charge in [-0.1, -0.05) is 36.4 Å². The molecule has 0 heterocycles. The Hall–Kier alpha value is -2.69. The van der Waals surface area contributed by atoms with Crippen molar-refractivity contribution in [2.45, 2.75) is 19.9 Å². The van der Waals surface area contributed by atoms with E-state index in [0.29, 0.717) is 18.7 Å². The molecule has 0 unspecified atom stereocenters. The van der Waals surface area contributed by atoms with E-state index in [4.69, 9.17) is 0 Å². The van der Waals surface area contributed by atoms with E-state index in [2.05, 4.69) is 5.32 Å². The molecule has 126 valence electrons. The number of benzene rings is 2. The molecule has 4 nitrogen and oxygen atoms in total. The fourth-order valence-corrected chi connectivity index (χ4v) is 2.50. The highest BCUT2D eigenvalue weighted by Crippen LogP contribution is 2.17. The lowest BCUT2D eigenvalue weighted by Gasteiger charge is -2.26. The van der Waals surface area contributed by atoms with Crippen LogP contribution in [-0.4, -0.2) is 29.8 Å². The maximum absolute atomic E-state index is 13.3. The predicted molar refractivity (Wildman–Crippen MR) is 91.0 cm³/mol. The monoisotopic (exact) mass is 328 g/mol. The van der Waals surface area contributed by atoms with E-state index in [1.807, 2.05) is 32.0 Å². The fourth-order valence-electron chi connectivity index (χ4n) is 2.50. The number of hydrogen-bond acceptors (Lipinski definition) is 2. The second kappa shape index (κ2) is 8.24. The summed E-state index contributed by atoms with van der Waals surface area (Å²) in [5, 5.41) is 2.73. The lowest BCUT2D eigenvalue weighted by Crippen LogP contribution is -2.42. The highest BCUT2D eigenvalue weighted by atomic mass is 19.1. The molecule has 0 saturated carbocycles. The lowest BCUT2D eigenvalue weighted by molar-refractivity contribution is -0.133. The molecular weight excluding hydrogens is 307 g/mol. The summed E-state index contributed by atoms with van der Waals surface area (Å²) in [5.41, 5.74) is 0.877. The second-order valence-electron chi connectivity index (χ2n) is 5.34. The zero-order chi connectivity index (χ0) is 17.5. The fraction of sp³-hybridized carbons (Fsp3) is 0.263. The summed E-state index contributed by atoms with van der Waals surface area (Å²) in [6.45, 7) is 4.87. The van der Waals surface area contributed by atoms with Gasteiger partial charge in [0, 0.05) is 18.7 Å². The van der Waals surface area contributed by atoms with Crippen molar-refractivity contribution in [1.29, 1.82) is 0 Å². The third-order valence-electron chi connectivity index (χ3n) is 3.82. The molecule has 0 saturated heterocycles. The average molecular weight is 328 g/mol. The molecule has 0 spiro atoms. The number of hydrogen-bond donors (Lipinski definition) is 1. The summed E-state index contributed by atoms with van der Waals surface area (Å²) in [4.78, 5) is 26.9. The standard InChI is InChI=1S/C19H21FN2O2/c1-3-22(4-2)19(24)17(14-9-6-5-7-10-14)21-18(23)15-11-8-12-16(20)13-15/h5-13,17H,3-4H2,1-2H3,(H,21,23)/t17-/m0/s1. The minimum absolute atomic E-state index is 0.184. The Morgan fingerprint density at radius 1 is 1.04 bits per heavy atom. The zero-order valence-electron chi connectivity index (χ0n) is 13.8. The Labute approximate surface area is 141 Å². The Bertz CT molecular complexity index is 700. The molecule has 5 heteroatoms. The van der Waals surface area contributed by atoms with Crippen LogP contribution in [0.1, 0.15) is 35.8 Å². The van der Waals surface area contributed by atoms with Crippen molar-refractivity contribution >= 4 is 11.8 Å². The number of carbonyl (C=O) groups excluding carboxylic acids is 2. The van der Waals surface area contributed by atoms with Gasteiger partial charge in [0.2, 0.25) is 5.91 Å². The van der Waals surface area contributed by atoms with E-state index in [1.54, 1.807) is 17.0 Å². The first-order valence-electron chi connectivity index (χ1n) is 7.97. The minimum Gasteiger partial charge on any atom is -0.341 e. The molecule has 0 radical (unpaired) electrons. The molecule has 1 N–H and O–H groups in total. The van der Waals surface area contributed by atoms with Crippen molar-refractivity contribution in [1.82, 2.24) is 10.2 Å². The minimum atomic E-state index is -0.804. The molecule has 2 aromatic rings. The largest absolute Gasteiger partial charge is 0.341 e. The van der Waals surface area contributed by atoms with Crippen LogP contribution in [0, 0.1) is 5.82 Å². The van der Waals surface area contributed by atoms with Gasteiger partial charge in [-0.25, -0.2) is 4.39 Å². The van der Waals surface area contributed by atoms with E-state index in [9.17, 15) is 14.0 Å². The van der Waals surface area contributed by atoms with Gasteiger partial charge in [0.1, 0.15) is 11.9 Å². The van der Waals surface area contributed by atoms with Crippen molar-refractivity contribution in [3.63, 3.8) is 0 Å². The molecule has 0 fully saturated rings. The number of rotatable bonds is 6. The first-order chi connectivity index (χ1) is 11.6. The van der Waals surface area contributed by atoms with Crippen LogP contribution < -0.4 is 5.32 Å². The Kier molecular flexibility index (Phi) is 6.07. The van der Waals surface area contributed by atoms with Gasteiger partial charge in [0.15, 0.2) is 0 Å². The van der Waals surface area contributed by atoms with Crippen LogP contribution in [0.5, 0.6) is 0 Å². The number of nitrogens with zero attached hydrogens (tertiary/aromatic N) is 1. The molecule has 0 aliphatic heterocycles. The molecule has 0 bridgehead atoms. The summed E-state index contributed by atoms with van der Waals surface area (Å²) in [6, 6.07) is 13.6. The number of halogens is 1. The summed E-state index contributed by atoms with van der Waals surface area (Å²) < 4.78 is 13.3. The molecule has 0 aliphatic rings. The van der Waals surface area contributed by atoms with Crippen LogP contribution in [0.2, 0.25) is 0 Å². The lowest BCUT2D eigenvalue weighted by atomic mass is 10.0. The molecule has 0 aliphatic carbocycles. The van der Waals surface area contributed by atoms with Crippen LogP contribution >= 0.6 is 0 Å². The van der Waals surface area contributed by atoms with E-state index < -0.39 is 17.8 Å². The van der Waals surface area contributed by atoms with Gasteiger partial charge in [-0.3, -0.25) is 9.59 Å². The molecule has 24 heavy (non-hydrogen) atoms. The highest BCUT2D eigenvalue weighted by Gasteiger charge is 2.26. The number of carbonyl (C=O) groups is 2. The number of amides is 2. The van der Waals surface area contributed by atoms with E-state index >= 15 is 0 Å². The van der Waals surface area contributed by atoms with Crippen molar-refractivity contribution < 1.29 is 14.0 Å². The van der Waals surface area contributed by atoms with Gasteiger partial charge in [-0.05, 0) is 37.6 Å². The van der Waals surface area contributed by atoms with Crippen molar-refractivity contribution in [3.8, 4) is 0 Å². The highest BCUT2D eigenvalue weighted by molar-refractivity contribution is 5.97. The smallest absolute Gasteiger partial charge is 0.252 e. The van der Waals surface area contributed by atoms with E-state index in [0.717, 1.165) is 6.07 Å². The van der Waals surface area contributed by atoms with Crippen LogP contribution in [0.4, 0.5) is 4.39 Å². The summed E-state index contributed by atoms with van der Waals surface area (Å²) in [7, 11) is 0. The van der Waals surface area contributed by atoms with Crippen LogP contribution in [0.15, 0.2) is 54.6 Å². The van der Waals surface area contributed by atoms with Gasteiger partial charge >= 0.3 is 0 Å². The second-order valence-corrected chi connectivity index (χ2v) is 5.34. The third-order valence-corrected chi connectivity index (χ3v) is 3.82. The van der Waals surface area contributed by atoms with Gasteiger partial charge < -0.3 is 10.2 Å². The maximum atomic E-state index is 13.3. The maximum Gasteiger partial charge on any atom is 0.252 e. The average Bonchev–Trinajstić information content (AvgIpc) is 2.61. The first-order valence-corrected chi connectivity index (χ1v) is 7.97. The van der Waals surface area contributed by atoms with Gasteiger partial charge in [0.25, 0.3) is 5.91 Å². The summed E-state index contributed by atoms with van der Waals surface area (Å²) >= 11 is 0. The van der Waals surface area contributed by atoms with Gasteiger partial charge in [-0.15, -0.1) is 0 Å². The Morgan fingerprint density at radius 3 is 2.29 bits per heavy atom. The normalized spacial score (nSPS) is 11.6. The number of likely N-dealkylation sites (N-methyl/N-ethyl adjacent to an activating group) is 1. The van der Waals surface area contributed by atoms with Crippen molar-refractivity contribution in [2.24, 2.45) is 0 Å². The topological polar surface area (TPSA) is 49.4 Å². The summed E-state index contributed by atoms with van der Waals surface area (Å²) in [6.07, 6.45) is 0. The van der Waals surface area contributed by atoms with Crippen LogP contribution in [0.25, 0.3) is 0 Å². The van der Waals surface area contributed by atoms with Crippen LogP contribution in [0.3, 0.4) is 0 Å². The van der Waals surface area contributed by atoms with Gasteiger partial charge in [0.05, 0.1) is 0 Å². The molecule has 0 aromatic heterocycles. The van der Waals surface area contributed by atoms with Gasteiger partial charge in [-0.2, -0.15) is 0 Å². The first kappa shape index (κ1) is 17.7. The zero-order valence-corrected chi connectivity index (χ0v) is 13.8. The van der Waals surface area contributed by atoms with E-state index in [1.165, 1.54) is 18.2 Å². The Morgan fingerprint density at radius 2 is 1.71 bits per heavy atom. The SMILES string of the molecule is CCN(CC)C(=O)[C@@H](NC(=O)c1cccc(F)c1)c1ccccc1. The molecule has 1 atom stereocenters. The third kappa shape index (κ3) is 4.19. The molecule has 2 rings (SSSR count). The summed E-state index contributed by atoms with van der Waals surface area (Å²) in [5.74, 6) is -1.16. The Balaban J connectivity index is 2.29. The molecule has 2 aromatic carbocycles.